The summed E-state index contributed by atoms with van der Waals surface area (Å²) < 4.78 is 11.1. The SMILES string of the molecule is CC(C)(C)c1ccc(C(=O)Nc2ccccc2)c(OCC2CO2)c1. The van der Waals surface area contributed by atoms with Crippen LogP contribution in [0.4, 0.5) is 5.69 Å². The van der Waals surface area contributed by atoms with Gasteiger partial charge in [0.2, 0.25) is 0 Å². The van der Waals surface area contributed by atoms with Crippen LogP contribution in [0.1, 0.15) is 36.7 Å². The minimum Gasteiger partial charge on any atom is -0.490 e. The maximum Gasteiger partial charge on any atom is 0.259 e. The lowest BCUT2D eigenvalue weighted by Crippen LogP contribution is -2.17. The highest BCUT2D eigenvalue weighted by Gasteiger charge is 2.25. The van der Waals surface area contributed by atoms with Gasteiger partial charge in [-0.3, -0.25) is 4.79 Å². The second-order valence-corrected chi connectivity index (χ2v) is 7.05. The molecule has 1 aliphatic rings. The first kappa shape index (κ1) is 16.5. The number of nitrogens with one attached hydrogen (secondary N) is 1. The minimum atomic E-state index is -0.173. The van der Waals surface area contributed by atoms with Crippen LogP contribution in [-0.2, 0) is 10.2 Å². The molecular formula is C20H23NO3. The molecule has 1 amide bonds. The first-order chi connectivity index (χ1) is 11.4. The molecule has 2 aromatic rings. The van der Waals surface area contributed by atoms with Crippen LogP contribution >= 0.6 is 0 Å². The Hall–Kier alpha value is -2.33. The lowest BCUT2D eigenvalue weighted by atomic mass is 9.86. The van der Waals surface area contributed by atoms with Gasteiger partial charge in [0, 0.05) is 5.69 Å². The van der Waals surface area contributed by atoms with Crippen molar-refractivity contribution in [2.75, 3.05) is 18.5 Å². The second-order valence-electron chi connectivity index (χ2n) is 7.05. The molecule has 1 fully saturated rings. The van der Waals surface area contributed by atoms with Crippen LogP contribution in [0.5, 0.6) is 5.75 Å². The van der Waals surface area contributed by atoms with Gasteiger partial charge < -0.3 is 14.8 Å². The molecule has 1 unspecified atom stereocenters. The maximum atomic E-state index is 12.6. The Labute approximate surface area is 142 Å². The summed E-state index contributed by atoms with van der Waals surface area (Å²) in [4.78, 5) is 12.6. The van der Waals surface area contributed by atoms with Crippen molar-refractivity contribution < 1.29 is 14.3 Å². The van der Waals surface area contributed by atoms with Crippen molar-refractivity contribution in [3.8, 4) is 5.75 Å². The van der Waals surface area contributed by atoms with E-state index < -0.39 is 0 Å². The lowest BCUT2D eigenvalue weighted by Gasteiger charge is -2.21. The molecule has 0 saturated carbocycles. The summed E-state index contributed by atoms with van der Waals surface area (Å²) in [6.45, 7) is 7.61. The van der Waals surface area contributed by atoms with E-state index >= 15 is 0 Å². The zero-order valence-electron chi connectivity index (χ0n) is 14.3. The lowest BCUT2D eigenvalue weighted by molar-refractivity contribution is 0.102. The predicted molar refractivity (Wildman–Crippen MR) is 94.8 cm³/mol. The third-order valence-corrected chi connectivity index (χ3v) is 3.95. The van der Waals surface area contributed by atoms with Crippen molar-refractivity contribution in [2.24, 2.45) is 0 Å². The van der Waals surface area contributed by atoms with Gasteiger partial charge in [-0.25, -0.2) is 0 Å². The second kappa shape index (κ2) is 6.65. The summed E-state index contributed by atoms with van der Waals surface area (Å²) in [5.41, 5.74) is 2.42. The van der Waals surface area contributed by atoms with E-state index in [1.807, 2.05) is 48.5 Å². The largest absolute Gasteiger partial charge is 0.490 e. The Bertz CT molecular complexity index is 715. The summed E-state index contributed by atoms with van der Waals surface area (Å²) in [5, 5.41) is 2.91. The number of rotatable bonds is 5. The Kier molecular flexibility index (Phi) is 4.58. The number of epoxide rings is 1. The molecule has 1 N–H and O–H groups in total. The molecule has 1 heterocycles. The van der Waals surface area contributed by atoms with Gasteiger partial charge in [0.1, 0.15) is 18.5 Å². The van der Waals surface area contributed by atoms with Gasteiger partial charge in [-0.1, -0.05) is 45.0 Å². The fraction of sp³-hybridized carbons (Fsp3) is 0.350. The number of ether oxygens (including phenoxy) is 2. The van der Waals surface area contributed by atoms with Crippen LogP contribution in [0.25, 0.3) is 0 Å². The summed E-state index contributed by atoms with van der Waals surface area (Å²) in [6.07, 6.45) is 0.147. The third-order valence-electron chi connectivity index (χ3n) is 3.95. The van der Waals surface area contributed by atoms with E-state index in [1.165, 1.54) is 0 Å². The number of benzene rings is 2. The Balaban J connectivity index is 1.85. The van der Waals surface area contributed by atoms with Crippen LogP contribution in [0.3, 0.4) is 0 Å². The van der Waals surface area contributed by atoms with E-state index in [-0.39, 0.29) is 17.4 Å². The summed E-state index contributed by atoms with van der Waals surface area (Å²) in [6, 6.07) is 15.2. The molecule has 1 atom stereocenters. The standard InChI is InChI=1S/C20H23NO3/c1-20(2,3)14-9-10-17(18(11-14)24-13-16-12-23-16)19(22)21-15-7-5-4-6-8-15/h4-11,16H,12-13H2,1-3H3,(H,21,22). The summed E-state index contributed by atoms with van der Waals surface area (Å²) in [7, 11) is 0. The zero-order chi connectivity index (χ0) is 17.2. The molecule has 126 valence electrons. The number of hydrogen-bond acceptors (Lipinski definition) is 3. The van der Waals surface area contributed by atoms with E-state index in [0.717, 1.165) is 17.9 Å². The average Bonchev–Trinajstić information content (AvgIpc) is 3.37. The zero-order valence-corrected chi connectivity index (χ0v) is 14.3. The first-order valence-electron chi connectivity index (χ1n) is 8.19. The van der Waals surface area contributed by atoms with E-state index in [0.29, 0.717) is 17.9 Å². The van der Waals surface area contributed by atoms with Crippen LogP contribution in [0, 0.1) is 0 Å². The molecule has 1 saturated heterocycles. The smallest absolute Gasteiger partial charge is 0.259 e. The van der Waals surface area contributed by atoms with Crippen LogP contribution in [0.2, 0.25) is 0 Å². The molecule has 0 bridgehead atoms. The molecular weight excluding hydrogens is 302 g/mol. The number of carbonyl (C=O) groups excluding carboxylic acids is 1. The number of amides is 1. The van der Waals surface area contributed by atoms with E-state index in [2.05, 4.69) is 26.1 Å². The quantitative estimate of drug-likeness (QED) is 0.845. The topological polar surface area (TPSA) is 50.9 Å². The predicted octanol–water partition coefficient (Wildman–Crippen LogP) is 4.01. The third kappa shape index (κ3) is 4.15. The molecule has 0 aliphatic carbocycles. The molecule has 4 heteroatoms. The average molecular weight is 325 g/mol. The monoisotopic (exact) mass is 325 g/mol. The number of carbonyl (C=O) groups is 1. The molecule has 0 radical (unpaired) electrons. The van der Waals surface area contributed by atoms with Gasteiger partial charge in [-0.15, -0.1) is 0 Å². The van der Waals surface area contributed by atoms with Crippen molar-refractivity contribution in [1.82, 2.24) is 0 Å². The maximum absolute atomic E-state index is 12.6. The highest BCUT2D eigenvalue weighted by molar-refractivity contribution is 6.06. The fourth-order valence-electron chi connectivity index (χ4n) is 2.36. The van der Waals surface area contributed by atoms with Crippen molar-refractivity contribution in [1.29, 1.82) is 0 Å². The summed E-state index contributed by atoms with van der Waals surface area (Å²) >= 11 is 0. The molecule has 1 aliphatic heterocycles. The van der Waals surface area contributed by atoms with Gasteiger partial charge in [-0.2, -0.15) is 0 Å². The highest BCUT2D eigenvalue weighted by Crippen LogP contribution is 2.30. The number of anilines is 1. The first-order valence-corrected chi connectivity index (χ1v) is 8.19. The minimum absolute atomic E-state index is 0.0113. The van der Waals surface area contributed by atoms with Crippen LogP contribution in [0.15, 0.2) is 48.5 Å². The molecule has 24 heavy (non-hydrogen) atoms. The number of hydrogen-bond donors (Lipinski definition) is 1. The molecule has 4 nitrogen and oxygen atoms in total. The van der Waals surface area contributed by atoms with Crippen molar-refractivity contribution in [3.63, 3.8) is 0 Å². The van der Waals surface area contributed by atoms with Gasteiger partial charge in [0.15, 0.2) is 0 Å². The van der Waals surface area contributed by atoms with Gasteiger partial charge in [0.05, 0.1) is 12.2 Å². The molecule has 0 spiro atoms. The molecule has 0 aromatic heterocycles. The van der Waals surface area contributed by atoms with Crippen molar-refractivity contribution in [3.05, 3.63) is 59.7 Å². The van der Waals surface area contributed by atoms with Gasteiger partial charge >= 0.3 is 0 Å². The normalized spacial score (nSPS) is 16.5. The molecule has 3 rings (SSSR count). The van der Waals surface area contributed by atoms with Crippen molar-refractivity contribution in [2.45, 2.75) is 32.3 Å². The van der Waals surface area contributed by atoms with Crippen LogP contribution in [-0.4, -0.2) is 25.2 Å². The van der Waals surface area contributed by atoms with Gasteiger partial charge in [0.25, 0.3) is 5.91 Å². The summed E-state index contributed by atoms with van der Waals surface area (Å²) in [5.74, 6) is 0.430. The van der Waals surface area contributed by atoms with Gasteiger partial charge in [-0.05, 0) is 35.2 Å². The Morgan fingerprint density at radius 3 is 2.54 bits per heavy atom. The van der Waals surface area contributed by atoms with E-state index in [1.54, 1.807) is 0 Å². The van der Waals surface area contributed by atoms with E-state index in [9.17, 15) is 4.79 Å². The van der Waals surface area contributed by atoms with Crippen molar-refractivity contribution >= 4 is 11.6 Å². The Morgan fingerprint density at radius 2 is 1.92 bits per heavy atom. The number of para-hydroxylation sites is 1. The molecule has 2 aromatic carbocycles. The van der Waals surface area contributed by atoms with E-state index in [4.69, 9.17) is 9.47 Å². The highest BCUT2D eigenvalue weighted by atomic mass is 16.6. The Morgan fingerprint density at radius 1 is 1.21 bits per heavy atom. The van der Waals surface area contributed by atoms with Crippen LogP contribution < -0.4 is 10.1 Å². The fourth-order valence-corrected chi connectivity index (χ4v) is 2.36.